The molecule has 0 heterocycles. The molecular weight excluding hydrogens is 328 g/mol. The Kier molecular flexibility index (Phi) is 6.73. The van der Waals surface area contributed by atoms with E-state index >= 15 is 0 Å². The van der Waals surface area contributed by atoms with Crippen LogP contribution in [0.25, 0.3) is 11.1 Å². The third kappa shape index (κ3) is 5.59. The number of rotatable bonds is 7. The molecule has 4 nitrogen and oxygen atoms in total. The summed E-state index contributed by atoms with van der Waals surface area (Å²) in [6.45, 7) is 9.13. The van der Waals surface area contributed by atoms with Crippen molar-refractivity contribution in [3.8, 4) is 16.9 Å². The van der Waals surface area contributed by atoms with Gasteiger partial charge in [-0.2, -0.15) is 0 Å². The smallest absolute Gasteiger partial charge is 0.333 e. The zero-order valence-electron chi connectivity index (χ0n) is 15.5. The Hall–Kier alpha value is -2.88. The van der Waals surface area contributed by atoms with Crippen LogP contribution < -0.4 is 4.74 Å². The van der Waals surface area contributed by atoms with Crippen molar-refractivity contribution in [1.82, 2.24) is 0 Å². The Labute approximate surface area is 154 Å². The average molecular weight is 352 g/mol. The fourth-order valence-corrected chi connectivity index (χ4v) is 2.20. The van der Waals surface area contributed by atoms with Gasteiger partial charge in [0.1, 0.15) is 5.75 Å². The number of esters is 2. The van der Waals surface area contributed by atoms with Crippen molar-refractivity contribution in [3.63, 3.8) is 0 Å². The fourth-order valence-electron chi connectivity index (χ4n) is 2.20. The summed E-state index contributed by atoms with van der Waals surface area (Å²) >= 11 is 0. The molecule has 0 saturated heterocycles. The zero-order chi connectivity index (χ0) is 19.1. The van der Waals surface area contributed by atoms with E-state index in [9.17, 15) is 9.59 Å². The molecule has 4 heteroatoms. The van der Waals surface area contributed by atoms with Gasteiger partial charge in [0.05, 0.1) is 12.5 Å². The monoisotopic (exact) mass is 352 g/mol. The molecule has 0 aliphatic carbocycles. The van der Waals surface area contributed by atoms with Gasteiger partial charge in [-0.05, 0) is 35.7 Å². The van der Waals surface area contributed by atoms with Crippen LogP contribution >= 0.6 is 0 Å². The van der Waals surface area contributed by atoms with Crippen LogP contribution in [0.3, 0.4) is 0 Å². The second kappa shape index (κ2) is 8.99. The van der Waals surface area contributed by atoms with E-state index in [-0.39, 0.29) is 17.9 Å². The molecule has 0 aliphatic heterocycles. The van der Waals surface area contributed by atoms with Gasteiger partial charge >= 0.3 is 11.9 Å². The molecular formula is C22H24O4. The van der Waals surface area contributed by atoms with Gasteiger partial charge in [0.25, 0.3) is 0 Å². The van der Waals surface area contributed by atoms with Gasteiger partial charge in [-0.15, -0.1) is 0 Å². The molecule has 2 aromatic rings. The average Bonchev–Trinajstić information content (AvgIpc) is 2.62. The molecule has 0 aromatic heterocycles. The first-order valence-electron chi connectivity index (χ1n) is 8.60. The molecule has 0 spiro atoms. The second-order valence-electron chi connectivity index (χ2n) is 6.46. The lowest BCUT2D eigenvalue weighted by Gasteiger charge is -2.08. The van der Waals surface area contributed by atoms with E-state index in [1.165, 1.54) is 0 Å². The number of ether oxygens (including phenoxy) is 2. The van der Waals surface area contributed by atoms with Crippen LogP contribution in [0.15, 0.2) is 60.7 Å². The number of hydrogen-bond acceptors (Lipinski definition) is 4. The minimum absolute atomic E-state index is 0.156. The van der Waals surface area contributed by atoms with Crippen LogP contribution in [0.2, 0.25) is 0 Å². The van der Waals surface area contributed by atoms with Gasteiger partial charge in [0.2, 0.25) is 0 Å². The van der Waals surface area contributed by atoms with Crippen LogP contribution in [-0.2, 0) is 20.7 Å². The standard InChI is InChI=1S/C22H24O4/c1-15(2)21(23)25-14-13-17-5-7-18(8-6-17)19-9-11-20(12-10-19)26-22(24)16(3)4/h5-12,16H,1,13-14H2,2-4H3. The number of carbonyl (C=O) groups is 2. The van der Waals surface area contributed by atoms with E-state index in [2.05, 4.69) is 6.58 Å². The molecule has 0 fully saturated rings. The van der Waals surface area contributed by atoms with E-state index in [0.29, 0.717) is 24.4 Å². The van der Waals surface area contributed by atoms with Crippen LogP contribution in [0.1, 0.15) is 26.3 Å². The molecule has 0 atom stereocenters. The molecule has 0 amide bonds. The van der Waals surface area contributed by atoms with Gasteiger partial charge in [-0.1, -0.05) is 56.8 Å². The summed E-state index contributed by atoms with van der Waals surface area (Å²) in [5.41, 5.74) is 3.60. The normalized spacial score (nSPS) is 10.5. The van der Waals surface area contributed by atoms with Crippen molar-refractivity contribution in [3.05, 3.63) is 66.2 Å². The molecule has 0 N–H and O–H groups in total. The predicted molar refractivity (Wildman–Crippen MR) is 102 cm³/mol. The summed E-state index contributed by atoms with van der Waals surface area (Å²) in [7, 11) is 0. The van der Waals surface area contributed by atoms with Crippen molar-refractivity contribution in [2.45, 2.75) is 27.2 Å². The van der Waals surface area contributed by atoms with Crippen LogP contribution in [0, 0.1) is 5.92 Å². The first-order chi connectivity index (χ1) is 12.4. The first-order valence-corrected chi connectivity index (χ1v) is 8.60. The molecule has 26 heavy (non-hydrogen) atoms. The topological polar surface area (TPSA) is 52.6 Å². The molecule has 2 aromatic carbocycles. The summed E-state index contributed by atoms with van der Waals surface area (Å²) in [6.07, 6.45) is 0.656. The van der Waals surface area contributed by atoms with E-state index in [4.69, 9.17) is 9.47 Å². The Bertz CT molecular complexity index is 771. The maximum Gasteiger partial charge on any atom is 0.333 e. The molecule has 2 rings (SSSR count). The van der Waals surface area contributed by atoms with E-state index in [1.807, 2.05) is 36.4 Å². The number of carbonyl (C=O) groups excluding carboxylic acids is 2. The molecule has 136 valence electrons. The molecule has 0 unspecified atom stereocenters. The zero-order valence-corrected chi connectivity index (χ0v) is 15.5. The number of hydrogen-bond donors (Lipinski definition) is 0. The van der Waals surface area contributed by atoms with Crippen LogP contribution in [0.4, 0.5) is 0 Å². The first kappa shape index (κ1) is 19.4. The minimum atomic E-state index is -0.361. The van der Waals surface area contributed by atoms with Gasteiger partial charge in [0, 0.05) is 12.0 Å². The third-order valence-electron chi connectivity index (χ3n) is 3.80. The SMILES string of the molecule is C=C(C)C(=O)OCCc1ccc(-c2ccc(OC(=O)C(C)C)cc2)cc1. The summed E-state index contributed by atoms with van der Waals surface area (Å²) < 4.78 is 10.4. The Morgan fingerprint density at radius 1 is 0.962 bits per heavy atom. The van der Waals surface area contributed by atoms with E-state index < -0.39 is 0 Å². The van der Waals surface area contributed by atoms with Crippen molar-refractivity contribution in [1.29, 1.82) is 0 Å². The molecule has 0 aliphatic rings. The largest absolute Gasteiger partial charge is 0.462 e. The van der Waals surface area contributed by atoms with Gasteiger partial charge < -0.3 is 9.47 Å². The lowest BCUT2D eigenvalue weighted by Crippen LogP contribution is -2.14. The summed E-state index contributed by atoms with van der Waals surface area (Å²) in [6, 6.07) is 15.5. The second-order valence-corrected chi connectivity index (χ2v) is 6.46. The van der Waals surface area contributed by atoms with Gasteiger partial charge in [-0.25, -0.2) is 4.79 Å². The van der Waals surface area contributed by atoms with Crippen molar-refractivity contribution >= 4 is 11.9 Å². The van der Waals surface area contributed by atoms with Crippen LogP contribution in [0.5, 0.6) is 5.75 Å². The lowest BCUT2D eigenvalue weighted by atomic mass is 10.0. The summed E-state index contributed by atoms with van der Waals surface area (Å²) in [5.74, 6) is -0.213. The lowest BCUT2D eigenvalue weighted by molar-refractivity contribution is -0.139. The minimum Gasteiger partial charge on any atom is -0.462 e. The van der Waals surface area contributed by atoms with Gasteiger partial charge in [0.15, 0.2) is 0 Å². The highest BCUT2D eigenvalue weighted by Crippen LogP contribution is 2.23. The highest BCUT2D eigenvalue weighted by molar-refractivity contribution is 5.86. The Morgan fingerprint density at radius 3 is 2.00 bits per heavy atom. The summed E-state index contributed by atoms with van der Waals surface area (Å²) in [5, 5.41) is 0. The van der Waals surface area contributed by atoms with Crippen molar-refractivity contribution < 1.29 is 19.1 Å². The van der Waals surface area contributed by atoms with Gasteiger partial charge in [-0.3, -0.25) is 4.79 Å². The van der Waals surface area contributed by atoms with Crippen LogP contribution in [-0.4, -0.2) is 18.5 Å². The fraction of sp³-hybridized carbons (Fsp3) is 0.273. The summed E-state index contributed by atoms with van der Waals surface area (Å²) in [4.78, 5) is 23.0. The predicted octanol–water partition coefficient (Wildman–Crippen LogP) is 4.58. The highest BCUT2D eigenvalue weighted by atomic mass is 16.5. The van der Waals surface area contributed by atoms with Crippen molar-refractivity contribution in [2.24, 2.45) is 5.92 Å². The molecule has 0 bridgehead atoms. The Balaban J connectivity index is 1.94. The maximum absolute atomic E-state index is 11.6. The molecule has 0 saturated carbocycles. The van der Waals surface area contributed by atoms with E-state index in [1.54, 1.807) is 32.9 Å². The molecule has 0 radical (unpaired) electrons. The number of benzene rings is 2. The van der Waals surface area contributed by atoms with Crippen molar-refractivity contribution in [2.75, 3.05) is 6.61 Å². The maximum atomic E-state index is 11.6. The highest BCUT2D eigenvalue weighted by Gasteiger charge is 2.09. The quantitative estimate of drug-likeness (QED) is 0.416. The van der Waals surface area contributed by atoms with E-state index in [0.717, 1.165) is 16.7 Å². The third-order valence-corrected chi connectivity index (χ3v) is 3.80. The Morgan fingerprint density at radius 2 is 1.50 bits per heavy atom.